The quantitative estimate of drug-likeness (QED) is 0.156. The summed E-state index contributed by atoms with van der Waals surface area (Å²) in [4.78, 5) is 0. The maximum Gasteiger partial charge on any atom is 0.0159 e. The number of hydrogen-bond donors (Lipinski definition) is 0. The fourth-order valence-corrected chi connectivity index (χ4v) is 11.3. The molecule has 0 heterocycles. The first-order chi connectivity index (χ1) is 31.0. The summed E-state index contributed by atoms with van der Waals surface area (Å²) in [5.41, 5.74) is 15.4. The Morgan fingerprint density at radius 1 is 0.238 bits per heavy atom. The summed E-state index contributed by atoms with van der Waals surface area (Å²) < 4.78 is 0. The second-order valence-corrected chi connectivity index (χ2v) is 18.0. The maximum absolute atomic E-state index is 2.50. The van der Waals surface area contributed by atoms with Crippen molar-refractivity contribution >= 4 is 64.6 Å². The van der Waals surface area contributed by atoms with Gasteiger partial charge in [-0.1, -0.05) is 208 Å². The van der Waals surface area contributed by atoms with Crippen molar-refractivity contribution in [2.75, 3.05) is 0 Å². The van der Waals surface area contributed by atoms with Crippen LogP contribution < -0.4 is 0 Å². The number of hydrogen-bond acceptors (Lipinski definition) is 0. The highest BCUT2D eigenvalue weighted by Crippen LogP contribution is 2.52. The minimum Gasteiger partial charge on any atom is -0.0619 e. The molecule has 0 bridgehead atoms. The van der Waals surface area contributed by atoms with Gasteiger partial charge in [-0.3, -0.25) is 0 Å². The summed E-state index contributed by atoms with van der Waals surface area (Å²) >= 11 is 0. The van der Waals surface area contributed by atoms with Crippen LogP contribution in [-0.4, -0.2) is 0 Å². The zero-order valence-corrected chi connectivity index (χ0v) is 35.3. The lowest BCUT2D eigenvalue weighted by Crippen LogP contribution is -2.14. The topological polar surface area (TPSA) is 0 Å². The monoisotopic (exact) mass is 798 g/mol. The molecule has 0 aliphatic heterocycles. The van der Waals surface area contributed by atoms with E-state index < -0.39 is 0 Å². The average Bonchev–Trinajstić information content (AvgIpc) is 3.56. The first-order valence-electron chi connectivity index (χ1n) is 22.2. The third-order valence-corrected chi connectivity index (χ3v) is 14.2. The van der Waals surface area contributed by atoms with E-state index in [0.29, 0.717) is 0 Å². The van der Waals surface area contributed by atoms with Crippen LogP contribution in [0.3, 0.4) is 0 Å². The van der Waals surface area contributed by atoms with E-state index >= 15 is 0 Å². The predicted octanol–water partition coefficient (Wildman–Crippen LogP) is 17.6. The van der Waals surface area contributed by atoms with Gasteiger partial charge in [0.25, 0.3) is 0 Å². The molecule has 294 valence electrons. The van der Waals surface area contributed by atoms with Crippen LogP contribution in [0.5, 0.6) is 0 Å². The average molecular weight is 799 g/mol. The van der Waals surface area contributed by atoms with Gasteiger partial charge in [-0.05, 0) is 156 Å². The van der Waals surface area contributed by atoms with E-state index in [1.807, 2.05) is 0 Å². The molecule has 12 aromatic carbocycles. The van der Waals surface area contributed by atoms with E-state index in [-0.39, 0.29) is 5.41 Å². The molecule has 0 N–H and O–H groups in total. The van der Waals surface area contributed by atoms with Crippen molar-refractivity contribution < 1.29 is 0 Å². The Morgan fingerprint density at radius 3 is 1.11 bits per heavy atom. The molecule has 0 atom stereocenters. The van der Waals surface area contributed by atoms with Gasteiger partial charge in [0.2, 0.25) is 0 Å². The van der Waals surface area contributed by atoms with Crippen LogP contribution in [0.4, 0.5) is 0 Å². The number of rotatable bonds is 4. The largest absolute Gasteiger partial charge is 0.0619 e. The third-order valence-electron chi connectivity index (χ3n) is 14.2. The first kappa shape index (κ1) is 35.9. The molecule has 0 saturated heterocycles. The molecule has 0 radical (unpaired) electrons. The van der Waals surface area contributed by atoms with Crippen LogP contribution in [0.25, 0.3) is 120 Å². The zero-order valence-electron chi connectivity index (χ0n) is 35.3. The van der Waals surface area contributed by atoms with Crippen molar-refractivity contribution in [3.05, 3.63) is 230 Å². The van der Waals surface area contributed by atoms with Crippen molar-refractivity contribution in [1.29, 1.82) is 0 Å². The second kappa shape index (κ2) is 13.6. The fourth-order valence-electron chi connectivity index (χ4n) is 11.3. The molecule has 0 fully saturated rings. The summed E-state index contributed by atoms with van der Waals surface area (Å²) in [6, 6.07) is 82.0. The third kappa shape index (κ3) is 5.35. The van der Waals surface area contributed by atoms with Gasteiger partial charge in [0.1, 0.15) is 0 Å². The lowest BCUT2D eigenvalue weighted by molar-refractivity contribution is 0.660. The Labute approximate surface area is 367 Å². The Kier molecular flexibility index (Phi) is 7.75. The fraction of sp³-hybridized carbons (Fsp3) is 0.0476. The molecule has 0 heteroatoms. The van der Waals surface area contributed by atoms with Crippen LogP contribution in [-0.2, 0) is 5.41 Å². The van der Waals surface area contributed by atoms with E-state index in [1.54, 1.807) is 0 Å². The van der Waals surface area contributed by atoms with Crippen molar-refractivity contribution in [1.82, 2.24) is 0 Å². The maximum atomic E-state index is 2.50. The van der Waals surface area contributed by atoms with Gasteiger partial charge in [0, 0.05) is 5.41 Å². The number of fused-ring (bicyclic) bond motifs is 9. The minimum absolute atomic E-state index is 0.0861. The Hall–Kier alpha value is -7.80. The van der Waals surface area contributed by atoms with Gasteiger partial charge in [-0.25, -0.2) is 0 Å². The smallest absolute Gasteiger partial charge is 0.0159 e. The Balaban J connectivity index is 1.11. The van der Waals surface area contributed by atoms with Crippen LogP contribution >= 0.6 is 0 Å². The minimum atomic E-state index is -0.0861. The van der Waals surface area contributed by atoms with Crippen LogP contribution in [0.1, 0.15) is 25.0 Å². The van der Waals surface area contributed by atoms with Crippen LogP contribution in [0.2, 0.25) is 0 Å². The molecule has 63 heavy (non-hydrogen) atoms. The molecule has 0 spiro atoms. The summed E-state index contributed by atoms with van der Waals surface area (Å²) in [6.07, 6.45) is 0. The van der Waals surface area contributed by atoms with E-state index in [9.17, 15) is 0 Å². The molecule has 0 amide bonds. The van der Waals surface area contributed by atoms with Gasteiger partial charge in [-0.15, -0.1) is 0 Å². The number of benzene rings is 12. The van der Waals surface area contributed by atoms with Crippen molar-refractivity contribution in [3.63, 3.8) is 0 Å². The highest BCUT2D eigenvalue weighted by atomic mass is 14.4. The summed E-state index contributed by atoms with van der Waals surface area (Å²) in [7, 11) is 0. The first-order valence-corrected chi connectivity index (χ1v) is 22.2. The summed E-state index contributed by atoms with van der Waals surface area (Å²) in [5, 5.41) is 15.1. The molecule has 13 rings (SSSR count). The van der Waals surface area contributed by atoms with E-state index in [0.717, 1.165) is 0 Å². The standard InChI is InChI=1S/C63H42/c1-63(2)57-26-14-13-19-47(57)48-33-31-46(38-58(48)63)61-51-22-9-7-20-49(51)60(50-21-8-10-23-52(50)61)45-32-34-55-56(37-45)62(44-30-28-40-16-4-6-18-42(40)36-44)54-25-12-11-24-53(54)59(55)43-29-27-39-15-3-5-17-41(39)35-43/h3-38H,1-2H3. The molecule has 0 unspecified atom stereocenters. The lowest BCUT2D eigenvalue weighted by atomic mass is 9.80. The molecule has 12 aromatic rings. The normalized spacial score (nSPS) is 13.0. The van der Waals surface area contributed by atoms with Gasteiger partial charge in [-0.2, -0.15) is 0 Å². The molecular formula is C63H42. The van der Waals surface area contributed by atoms with Gasteiger partial charge in [0.15, 0.2) is 0 Å². The molecule has 1 aliphatic rings. The predicted molar refractivity (Wildman–Crippen MR) is 271 cm³/mol. The van der Waals surface area contributed by atoms with Crippen molar-refractivity contribution in [2.24, 2.45) is 0 Å². The summed E-state index contributed by atoms with van der Waals surface area (Å²) in [6.45, 7) is 4.75. The van der Waals surface area contributed by atoms with E-state index in [2.05, 4.69) is 232 Å². The van der Waals surface area contributed by atoms with E-state index in [1.165, 1.54) is 131 Å². The van der Waals surface area contributed by atoms with Gasteiger partial charge >= 0.3 is 0 Å². The SMILES string of the molecule is CC1(C)c2ccccc2-c2ccc(-c3c4ccccc4c(-c4ccc5c(-c6ccc7ccccc7c6)c6ccccc6c(-c6ccc7ccccc7c6)c5c4)c4ccccc34)cc21. The second-order valence-electron chi connectivity index (χ2n) is 18.0. The van der Waals surface area contributed by atoms with E-state index in [4.69, 9.17) is 0 Å². The van der Waals surface area contributed by atoms with Gasteiger partial charge in [0.05, 0.1) is 0 Å². The van der Waals surface area contributed by atoms with Crippen LogP contribution in [0, 0.1) is 0 Å². The Bertz CT molecular complexity index is 3820. The van der Waals surface area contributed by atoms with Crippen molar-refractivity contribution in [2.45, 2.75) is 19.3 Å². The molecule has 0 aromatic heterocycles. The zero-order chi connectivity index (χ0) is 41.8. The summed E-state index contributed by atoms with van der Waals surface area (Å²) in [5.74, 6) is 0. The molecule has 0 saturated carbocycles. The molecule has 0 nitrogen and oxygen atoms in total. The lowest BCUT2D eigenvalue weighted by Gasteiger charge is -2.23. The Morgan fingerprint density at radius 2 is 0.587 bits per heavy atom. The molecule has 1 aliphatic carbocycles. The van der Waals surface area contributed by atoms with Crippen molar-refractivity contribution in [3.8, 4) is 55.6 Å². The highest BCUT2D eigenvalue weighted by molar-refractivity contribution is 6.25. The molecular weight excluding hydrogens is 757 g/mol. The highest BCUT2D eigenvalue weighted by Gasteiger charge is 2.35. The van der Waals surface area contributed by atoms with Gasteiger partial charge < -0.3 is 0 Å². The van der Waals surface area contributed by atoms with Crippen LogP contribution in [0.15, 0.2) is 218 Å².